The van der Waals surface area contributed by atoms with E-state index in [1.54, 1.807) is 0 Å². The molecular formula is C29H17NO2. The van der Waals surface area contributed by atoms with E-state index in [0.717, 1.165) is 60.5 Å². The van der Waals surface area contributed by atoms with Crippen molar-refractivity contribution >= 4 is 43.8 Å². The number of aromatic nitrogens is 1. The first-order valence-corrected chi connectivity index (χ1v) is 10.6. The van der Waals surface area contributed by atoms with Crippen LogP contribution in [0.1, 0.15) is 0 Å². The van der Waals surface area contributed by atoms with E-state index in [4.69, 9.17) is 13.8 Å². The van der Waals surface area contributed by atoms with Crippen molar-refractivity contribution in [1.29, 1.82) is 0 Å². The van der Waals surface area contributed by atoms with Crippen LogP contribution in [0.5, 0.6) is 0 Å². The Morgan fingerprint density at radius 3 is 2.28 bits per heavy atom. The Labute approximate surface area is 183 Å². The van der Waals surface area contributed by atoms with Crippen LogP contribution in [-0.4, -0.2) is 4.98 Å². The molecule has 3 nitrogen and oxygen atoms in total. The van der Waals surface area contributed by atoms with Crippen LogP contribution in [0, 0.1) is 0 Å². The first-order chi connectivity index (χ1) is 15.8. The maximum absolute atomic E-state index is 6.27. The highest BCUT2D eigenvalue weighted by molar-refractivity contribution is 6.11. The lowest BCUT2D eigenvalue weighted by Gasteiger charge is -2.05. The molecule has 7 rings (SSSR count). The predicted molar refractivity (Wildman–Crippen MR) is 130 cm³/mol. The third-order valence-corrected chi connectivity index (χ3v) is 6.11. The van der Waals surface area contributed by atoms with Gasteiger partial charge in [0.05, 0.1) is 0 Å². The number of furan rings is 1. The SMILES string of the molecule is c1ccc(-c2nc3c(ccc4ccc(-c5cccc6c5oc5ccccc56)cc43)o2)cc1. The molecule has 150 valence electrons. The Balaban J connectivity index is 1.47. The average Bonchev–Trinajstić information content (AvgIpc) is 3.46. The number of para-hydroxylation sites is 2. The van der Waals surface area contributed by atoms with Crippen molar-refractivity contribution < 1.29 is 8.83 Å². The maximum Gasteiger partial charge on any atom is 0.227 e. The van der Waals surface area contributed by atoms with Crippen LogP contribution >= 0.6 is 0 Å². The lowest BCUT2D eigenvalue weighted by atomic mass is 9.99. The number of nitrogens with zero attached hydrogens (tertiary/aromatic N) is 1. The lowest BCUT2D eigenvalue weighted by Crippen LogP contribution is -1.82. The number of rotatable bonds is 2. The van der Waals surface area contributed by atoms with Gasteiger partial charge >= 0.3 is 0 Å². The van der Waals surface area contributed by atoms with E-state index in [9.17, 15) is 0 Å². The lowest BCUT2D eigenvalue weighted by molar-refractivity contribution is 0.620. The van der Waals surface area contributed by atoms with E-state index in [1.807, 2.05) is 54.6 Å². The monoisotopic (exact) mass is 411 g/mol. The van der Waals surface area contributed by atoms with Crippen molar-refractivity contribution in [2.24, 2.45) is 0 Å². The third-order valence-electron chi connectivity index (χ3n) is 6.11. The minimum absolute atomic E-state index is 0.637. The van der Waals surface area contributed by atoms with Crippen LogP contribution in [-0.2, 0) is 0 Å². The van der Waals surface area contributed by atoms with Gasteiger partial charge in [-0.2, -0.15) is 0 Å². The molecule has 2 heterocycles. The molecule has 0 N–H and O–H groups in total. The number of hydrogen-bond donors (Lipinski definition) is 0. The number of fused-ring (bicyclic) bond motifs is 6. The highest BCUT2D eigenvalue weighted by atomic mass is 16.3. The van der Waals surface area contributed by atoms with Crippen LogP contribution in [0.25, 0.3) is 66.4 Å². The fourth-order valence-electron chi connectivity index (χ4n) is 4.56. The Kier molecular flexibility index (Phi) is 3.55. The maximum atomic E-state index is 6.27. The second-order valence-corrected chi connectivity index (χ2v) is 8.01. The average molecular weight is 411 g/mol. The summed E-state index contributed by atoms with van der Waals surface area (Å²) in [4.78, 5) is 4.85. The zero-order chi connectivity index (χ0) is 21.1. The zero-order valence-electron chi connectivity index (χ0n) is 17.1. The van der Waals surface area contributed by atoms with E-state index in [1.165, 1.54) is 0 Å². The van der Waals surface area contributed by atoms with Crippen molar-refractivity contribution in [3.63, 3.8) is 0 Å². The molecule has 0 aliphatic rings. The molecule has 2 aromatic heterocycles. The number of oxazole rings is 1. The molecule has 0 saturated carbocycles. The largest absolute Gasteiger partial charge is 0.455 e. The second kappa shape index (κ2) is 6.56. The van der Waals surface area contributed by atoms with Crippen molar-refractivity contribution in [1.82, 2.24) is 4.98 Å². The first kappa shape index (κ1) is 17.3. The van der Waals surface area contributed by atoms with Gasteiger partial charge in [0.25, 0.3) is 0 Å². The molecule has 0 atom stereocenters. The van der Waals surface area contributed by atoms with Crippen LogP contribution in [0.2, 0.25) is 0 Å². The molecule has 0 amide bonds. The quantitative estimate of drug-likeness (QED) is 0.288. The van der Waals surface area contributed by atoms with Gasteiger partial charge in [-0.15, -0.1) is 0 Å². The molecular weight excluding hydrogens is 394 g/mol. The van der Waals surface area contributed by atoms with E-state index in [0.29, 0.717) is 5.89 Å². The zero-order valence-corrected chi connectivity index (χ0v) is 17.1. The van der Waals surface area contributed by atoms with Gasteiger partial charge in [0, 0.05) is 27.3 Å². The predicted octanol–water partition coefficient (Wildman–Crippen LogP) is 8.21. The Hall–Kier alpha value is -4.37. The topological polar surface area (TPSA) is 39.2 Å². The molecule has 0 aliphatic carbocycles. The summed E-state index contributed by atoms with van der Waals surface area (Å²) in [5.74, 6) is 0.637. The van der Waals surface area contributed by atoms with Gasteiger partial charge in [-0.25, -0.2) is 4.98 Å². The van der Waals surface area contributed by atoms with Crippen LogP contribution < -0.4 is 0 Å². The summed E-state index contributed by atoms with van der Waals surface area (Å²) < 4.78 is 12.4. The normalized spacial score (nSPS) is 11.8. The summed E-state index contributed by atoms with van der Waals surface area (Å²) in [7, 11) is 0. The van der Waals surface area contributed by atoms with Gasteiger partial charge in [-0.1, -0.05) is 72.8 Å². The van der Waals surface area contributed by atoms with Crippen molar-refractivity contribution in [2.75, 3.05) is 0 Å². The fraction of sp³-hybridized carbons (Fsp3) is 0. The number of hydrogen-bond acceptors (Lipinski definition) is 3. The minimum atomic E-state index is 0.637. The standard InChI is InChI=1S/C29H17NO2/c1-2-7-19(8-3-1)29-30-27-24-17-20(14-13-18(24)15-16-26(27)32-29)21-10-6-11-23-22-9-4-5-12-25(22)31-28(21)23/h1-17H. The summed E-state index contributed by atoms with van der Waals surface area (Å²) in [5, 5.41) is 4.46. The summed E-state index contributed by atoms with van der Waals surface area (Å²) in [5.41, 5.74) is 6.62. The molecule has 0 unspecified atom stereocenters. The summed E-state index contributed by atoms with van der Waals surface area (Å²) in [6, 6.07) is 35.1. The van der Waals surface area contributed by atoms with Gasteiger partial charge in [0.2, 0.25) is 5.89 Å². The smallest absolute Gasteiger partial charge is 0.227 e. The molecule has 0 fully saturated rings. The highest BCUT2D eigenvalue weighted by Crippen LogP contribution is 2.38. The van der Waals surface area contributed by atoms with Crippen molar-refractivity contribution in [3.8, 4) is 22.6 Å². The Morgan fingerprint density at radius 2 is 1.34 bits per heavy atom. The molecule has 7 aromatic rings. The Bertz CT molecular complexity index is 1770. The van der Waals surface area contributed by atoms with Gasteiger partial charge in [0.15, 0.2) is 5.58 Å². The molecule has 0 radical (unpaired) electrons. The molecule has 5 aromatic carbocycles. The minimum Gasteiger partial charge on any atom is -0.455 e. The van der Waals surface area contributed by atoms with Gasteiger partial charge < -0.3 is 8.83 Å². The van der Waals surface area contributed by atoms with E-state index in [-0.39, 0.29) is 0 Å². The molecule has 32 heavy (non-hydrogen) atoms. The molecule has 0 bridgehead atoms. The molecule has 3 heteroatoms. The highest BCUT2D eigenvalue weighted by Gasteiger charge is 2.15. The summed E-state index contributed by atoms with van der Waals surface area (Å²) in [6.07, 6.45) is 0. The van der Waals surface area contributed by atoms with Crippen LogP contribution in [0.3, 0.4) is 0 Å². The van der Waals surface area contributed by atoms with E-state index < -0.39 is 0 Å². The summed E-state index contributed by atoms with van der Waals surface area (Å²) >= 11 is 0. The molecule has 0 saturated heterocycles. The fourth-order valence-corrected chi connectivity index (χ4v) is 4.56. The van der Waals surface area contributed by atoms with Gasteiger partial charge in [-0.05, 0) is 41.3 Å². The van der Waals surface area contributed by atoms with Crippen LogP contribution in [0.15, 0.2) is 112 Å². The van der Waals surface area contributed by atoms with Crippen molar-refractivity contribution in [2.45, 2.75) is 0 Å². The second-order valence-electron chi connectivity index (χ2n) is 8.01. The van der Waals surface area contributed by atoms with Crippen molar-refractivity contribution in [3.05, 3.63) is 103 Å². The molecule has 0 spiro atoms. The van der Waals surface area contributed by atoms with E-state index >= 15 is 0 Å². The van der Waals surface area contributed by atoms with Gasteiger partial charge in [0.1, 0.15) is 16.7 Å². The summed E-state index contributed by atoms with van der Waals surface area (Å²) in [6.45, 7) is 0. The third kappa shape index (κ3) is 2.51. The first-order valence-electron chi connectivity index (χ1n) is 10.6. The molecule has 0 aliphatic heterocycles. The Morgan fingerprint density at radius 1 is 0.531 bits per heavy atom. The van der Waals surface area contributed by atoms with E-state index in [2.05, 4.69) is 48.5 Å². The van der Waals surface area contributed by atoms with Crippen LogP contribution in [0.4, 0.5) is 0 Å². The number of benzene rings is 5. The van der Waals surface area contributed by atoms with Gasteiger partial charge in [-0.3, -0.25) is 0 Å².